The van der Waals surface area contributed by atoms with Crippen molar-refractivity contribution >= 4 is 65.4 Å². The summed E-state index contributed by atoms with van der Waals surface area (Å²) in [6, 6.07) is 80.5. The Morgan fingerprint density at radius 2 is 0.600 bits per heavy atom. The summed E-state index contributed by atoms with van der Waals surface area (Å²) in [7, 11) is 0. The van der Waals surface area contributed by atoms with E-state index in [1.807, 2.05) is 0 Å². The van der Waals surface area contributed by atoms with Crippen molar-refractivity contribution in [1.82, 2.24) is 0 Å². The van der Waals surface area contributed by atoms with Crippen molar-refractivity contribution in [1.29, 1.82) is 0 Å². The smallest absolute Gasteiger partial charge is 0.136 e. The van der Waals surface area contributed by atoms with E-state index in [9.17, 15) is 0 Å². The SMILES string of the molecule is c1ccc2c(c1)-c1ccccc1C21c2ccccc2-c2cccc(-c3c4cccc(-c5cccc6oc7ccccc7c56)c4cc4c(-c5cccc6oc7ccccc7c56)cccc34)c21. The second-order valence-corrected chi connectivity index (χ2v) is 17.7. The van der Waals surface area contributed by atoms with Crippen LogP contribution in [0.3, 0.4) is 0 Å². The molecule has 0 unspecified atom stereocenters. The van der Waals surface area contributed by atoms with Crippen molar-refractivity contribution in [3.63, 3.8) is 0 Å². The fourth-order valence-electron chi connectivity index (χ4n) is 12.3. The van der Waals surface area contributed by atoms with Gasteiger partial charge in [0, 0.05) is 21.5 Å². The Morgan fingerprint density at radius 1 is 0.246 bits per heavy atom. The molecule has 0 N–H and O–H groups in total. The summed E-state index contributed by atoms with van der Waals surface area (Å²) in [6.45, 7) is 0. The van der Waals surface area contributed by atoms with E-state index in [1.165, 1.54) is 88.3 Å². The molecule has 15 rings (SSSR count). The van der Waals surface area contributed by atoms with Crippen molar-refractivity contribution in [3.05, 3.63) is 241 Å². The van der Waals surface area contributed by atoms with Crippen molar-refractivity contribution < 1.29 is 8.83 Å². The van der Waals surface area contributed by atoms with Gasteiger partial charge in [-0.15, -0.1) is 0 Å². The topological polar surface area (TPSA) is 26.3 Å². The van der Waals surface area contributed by atoms with Crippen LogP contribution in [0.2, 0.25) is 0 Å². The first kappa shape index (κ1) is 35.1. The van der Waals surface area contributed by atoms with Crippen molar-refractivity contribution in [3.8, 4) is 55.6 Å². The second-order valence-electron chi connectivity index (χ2n) is 17.7. The standard InChI is InChI=1S/C63H36O2/c1-6-29-52-39(16-1)40-17-2-7-30-53(40)63(52)54-31-8-3-18-41(54)46-27-13-28-49(62(46)63)59-44-23-11-21-37(42-25-14-34-57-60(42)47-19-4-9-32-55(47)64-57)50(44)36-51-38(22-12-24-45(51)59)43-26-15-35-58-61(43)48-20-5-10-33-56(48)65-58/h1-36H. The zero-order valence-electron chi connectivity index (χ0n) is 35.1. The molecule has 0 bridgehead atoms. The van der Waals surface area contributed by atoms with Crippen LogP contribution in [0.15, 0.2) is 227 Å². The molecule has 0 radical (unpaired) electrons. The summed E-state index contributed by atoms with van der Waals surface area (Å²) in [6.07, 6.45) is 0. The number of hydrogen-bond donors (Lipinski definition) is 0. The van der Waals surface area contributed by atoms with Crippen LogP contribution in [-0.4, -0.2) is 0 Å². The first-order chi connectivity index (χ1) is 32.3. The molecule has 0 saturated carbocycles. The largest absolute Gasteiger partial charge is 0.456 e. The van der Waals surface area contributed by atoms with Crippen LogP contribution in [0.4, 0.5) is 0 Å². The molecule has 13 aromatic rings. The Kier molecular flexibility index (Phi) is 6.91. The molecule has 0 fully saturated rings. The molecule has 2 aliphatic rings. The van der Waals surface area contributed by atoms with E-state index >= 15 is 0 Å². The first-order valence-electron chi connectivity index (χ1n) is 22.5. The first-order valence-corrected chi connectivity index (χ1v) is 22.5. The van der Waals surface area contributed by atoms with Gasteiger partial charge in [-0.05, 0) is 130 Å². The van der Waals surface area contributed by atoms with Crippen LogP contribution < -0.4 is 0 Å². The lowest BCUT2D eigenvalue weighted by Crippen LogP contribution is -2.26. The van der Waals surface area contributed by atoms with Crippen LogP contribution in [0, 0.1) is 0 Å². The van der Waals surface area contributed by atoms with Crippen molar-refractivity contribution in [2.75, 3.05) is 0 Å². The highest BCUT2D eigenvalue weighted by molar-refractivity contribution is 6.24. The zero-order valence-corrected chi connectivity index (χ0v) is 35.1. The predicted octanol–water partition coefficient (Wildman–Crippen LogP) is 17.1. The Balaban J connectivity index is 1.13. The molecule has 2 aromatic heterocycles. The van der Waals surface area contributed by atoms with Crippen LogP contribution in [-0.2, 0) is 5.41 Å². The van der Waals surface area contributed by atoms with Gasteiger partial charge in [0.05, 0.1) is 5.41 Å². The molecule has 2 heterocycles. The molecule has 11 aromatic carbocycles. The third-order valence-electron chi connectivity index (χ3n) is 14.7. The molecule has 0 saturated heterocycles. The highest BCUT2D eigenvalue weighted by Crippen LogP contribution is 2.65. The van der Waals surface area contributed by atoms with Crippen LogP contribution in [0.1, 0.15) is 22.3 Å². The van der Waals surface area contributed by atoms with E-state index in [0.717, 1.165) is 55.0 Å². The fourth-order valence-corrected chi connectivity index (χ4v) is 12.3. The van der Waals surface area contributed by atoms with Gasteiger partial charge < -0.3 is 8.83 Å². The number of para-hydroxylation sites is 2. The lowest BCUT2D eigenvalue weighted by molar-refractivity contribution is 0.668. The molecule has 0 atom stereocenters. The van der Waals surface area contributed by atoms with Gasteiger partial charge in [0.15, 0.2) is 0 Å². The van der Waals surface area contributed by atoms with Crippen molar-refractivity contribution in [2.24, 2.45) is 0 Å². The molecule has 65 heavy (non-hydrogen) atoms. The third kappa shape index (κ3) is 4.48. The second kappa shape index (κ2) is 12.8. The summed E-state index contributed by atoms with van der Waals surface area (Å²) >= 11 is 0. The maximum Gasteiger partial charge on any atom is 0.136 e. The number of furan rings is 2. The highest BCUT2D eigenvalue weighted by Gasteiger charge is 2.52. The highest BCUT2D eigenvalue weighted by atomic mass is 16.3. The molecular weight excluding hydrogens is 789 g/mol. The minimum absolute atomic E-state index is 0.526. The van der Waals surface area contributed by atoms with Gasteiger partial charge in [0.1, 0.15) is 22.3 Å². The van der Waals surface area contributed by atoms with E-state index in [0.29, 0.717) is 0 Å². The minimum atomic E-state index is -0.526. The van der Waals surface area contributed by atoms with Gasteiger partial charge >= 0.3 is 0 Å². The van der Waals surface area contributed by atoms with Gasteiger partial charge in [-0.25, -0.2) is 0 Å². The lowest BCUT2D eigenvalue weighted by Gasteiger charge is -2.32. The summed E-state index contributed by atoms with van der Waals surface area (Å²) in [5.74, 6) is 0. The van der Waals surface area contributed by atoms with Gasteiger partial charge in [-0.3, -0.25) is 0 Å². The Morgan fingerprint density at radius 3 is 1.14 bits per heavy atom. The van der Waals surface area contributed by atoms with Crippen molar-refractivity contribution in [2.45, 2.75) is 5.41 Å². The predicted molar refractivity (Wildman–Crippen MR) is 269 cm³/mol. The minimum Gasteiger partial charge on any atom is -0.456 e. The Hall–Kier alpha value is -8.46. The number of fused-ring (bicyclic) bond motifs is 18. The number of hydrogen-bond acceptors (Lipinski definition) is 2. The van der Waals surface area contributed by atoms with Crippen LogP contribution in [0.5, 0.6) is 0 Å². The average molecular weight is 825 g/mol. The lowest BCUT2D eigenvalue weighted by atomic mass is 9.68. The average Bonchev–Trinajstić information content (AvgIpc) is 4.11. The maximum atomic E-state index is 6.52. The van der Waals surface area contributed by atoms with Gasteiger partial charge in [-0.2, -0.15) is 0 Å². The summed E-state index contributed by atoms with van der Waals surface area (Å²) in [5, 5.41) is 9.32. The molecule has 2 aliphatic carbocycles. The Bertz CT molecular complexity index is 3960. The molecule has 0 aliphatic heterocycles. The van der Waals surface area contributed by atoms with Crippen LogP contribution >= 0.6 is 0 Å². The van der Waals surface area contributed by atoms with Gasteiger partial charge in [-0.1, -0.05) is 188 Å². The molecule has 2 nitrogen and oxygen atoms in total. The summed E-state index contributed by atoms with van der Waals surface area (Å²) in [4.78, 5) is 0. The molecule has 1 spiro atoms. The maximum absolute atomic E-state index is 6.52. The van der Waals surface area contributed by atoms with E-state index in [1.54, 1.807) is 0 Å². The number of rotatable bonds is 3. The normalized spacial score (nSPS) is 13.4. The molecule has 300 valence electrons. The molecule has 0 amide bonds. The summed E-state index contributed by atoms with van der Waals surface area (Å²) in [5.41, 5.74) is 20.7. The van der Waals surface area contributed by atoms with Gasteiger partial charge in [0.2, 0.25) is 0 Å². The van der Waals surface area contributed by atoms with Gasteiger partial charge in [0.25, 0.3) is 0 Å². The quantitative estimate of drug-likeness (QED) is 0.166. The zero-order chi connectivity index (χ0) is 42.4. The van der Waals surface area contributed by atoms with E-state index in [4.69, 9.17) is 8.83 Å². The molecule has 2 heteroatoms. The monoisotopic (exact) mass is 824 g/mol. The molecular formula is C63H36O2. The fraction of sp³-hybridized carbons (Fsp3) is 0.0159. The summed E-state index contributed by atoms with van der Waals surface area (Å²) < 4.78 is 13.0. The van der Waals surface area contributed by atoms with E-state index in [-0.39, 0.29) is 0 Å². The van der Waals surface area contributed by atoms with E-state index < -0.39 is 5.41 Å². The van der Waals surface area contributed by atoms with E-state index in [2.05, 4.69) is 218 Å². The third-order valence-corrected chi connectivity index (χ3v) is 14.7. The number of benzene rings is 11. The van der Waals surface area contributed by atoms with Crippen LogP contribution in [0.25, 0.3) is 121 Å². The Labute approximate surface area is 374 Å².